The van der Waals surface area contributed by atoms with Gasteiger partial charge in [0.1, 0.15) is 0 Å². The lowest BCUT2D eigenvalue weighted by molar-refractivity contribution is -0.145. The van der Waals surface area contributed by atoms with E-state index in [1.165, 1.54) is 12.0 Å². The van der Waals surface area contributed by atoms with Crippen LogP contribution in [-0.4, -0.2) is 11.1 Å². The van der Waals surface area contributed by atoms with Gasteiger partial charge in [-0.2, -0.15) is 11.3 Å². The molecule has 3 unspecified atom stereocenters. The summed E-state index contributed by atoms with van der Waals surface area (Å²) in [6, 6.07) is 2.12. The van der Waals surface area contributed by atoms with Crippen molar-refractivity contribution in [3.05, 3.63) is 22.4 Å². The van der Waals surface area contributed by atoms with Gasteiger partial charge in [-0.15, -0.1) is 0 Å². The fraction of sp³-hybridized carbons (Fsp3) is 0.643. The van der Waals surface area contributed by atoms with E-state index in [-0.39, 0.29) is 5.92 Å². The Balaban J connectivity index is 2.05. The minimum atomic E-state index is -0.597. The maximum Gasteiger partial charge on any atom is 0.306 e. The smallest absolute Gasteiger partial charge is 0.306 e. The fourth-order valence-corrected chi connectivity index (χ4v) is 3.68. The van der Waals surface area contributed by atoms with Gasteiger partial charge in [-0.3, -0.25) is 4.79 Å². The molecule has 1 N–H and O–H groups in total. The van der Waals surface area contributed by atoms with E-state index < -0.39 is 5.97 Å². The van der Waals surface area contributed by atoms with Crippen LogP contribution in [0.25, 0.3) is 0 Å². The normalized spacial score (nSPS) is 29.1. The Morgan fingerprint density at radius 3 is 2.94 bits per heavy atom. The molecule has 1 aromatic rings. The Morgan fingerprint density at radius 2 is 2.35 bits per heavy atom. The van der Waals surface area contributed by atoms with Gasteiger partial charge in [-0.1, -0.05) is 13.3 Å². The number of thiophene rings is 1. The Labute approximate surface area is 107 Å². The molecule has 0 aromatic carbocycles. The van der Waals surface area contributed by atoms with Crippen LogP contribution in [0.2, 0.25) is 0 Å². The first-order valence-electron chi connectivity index (χ1n) is 6.44. The monoisotopic (exact) mass is 252 g/mol. The largest absolute Gasteiger partial charge is 0.481 e. The fourth-order valence-electron chi connectivity index (χ4n) is 2.99. The summed E-state index contributed by atoms with van der Waals surface area (Å²) < 4.78 is 0. The lowest BCUT2D eigenvalue weighted by atomic mass is 9.71. The summed E-state index contributed by atoms with van der Waals surface area (Å²) in [6.45, 7) is 2.22. The highest BCUT2D eigenvalue weighted by molar-refractivity contribution is 7.07. The van der Waals surface area contributed by atoms with Gasteiger partial charge in [0.15, 0.2) is 0 Å². The summed E-state index contributed by atoms with van der Waals surface area (Å²) in [5, 5.41) is 13.5. The Kier molecular flexibility index (Phi) is 4.21. The van der Waals surface area contributed by atoms with Crippen molar-refractivity contribution >= 4 is 17.3 Å². The molecule has 0 spiro atoms. The minimum Gasteiger partial charge on any atom is -0.481 e. The molecule has 17 heavy (non-hydrogen) atoms. The molecule has 0 radical (unpaired) electrons. The first-order valence-corrected chi connectivity index (χ1v) is 7.38. The molecule has 1 heterocycles. The topological polar surface area (TPSA) is 37.3 Å². The molecular formula is C14H20O2S. The number of rotatable bonds is 4. The number of carbonyl (C=O) groups is 1. The second-order valence-electron chi connectivity index (χ2n) is 5.13. The van der Waals surface area contributed by atoms with Crippen molar-refractivity contribution in [2.45, 2.75) is 39.0 Å². The van der Waals surface area contributed by atoms with Crippen LogP contribution in [-0.2, 0) is 11.2 Å². The summed E-state index contributed by atoms with van der Waals surface area (Å²) in [7, 11) is 0. The highest BCUT2D eigenvalue weighted by Gasteiger charge is 2.34. The maximum absolute atomic E-state index is 11.3. The van der Waals surface area contributed by atoms with Gasteiger partial charge in [0.05, 0.1) is 5.92 Å². The third-order valence-electron chi connectivity index (χ3n) is 4.06. The van der Waals surface area contributed by atoms with Crippen molar-refractivity contribution in [3.63, 3.8) is 0 Å². The van der Waals surface area contributed by atoms with E-state index >= 15 is 0 Å². The molecule has 0 aliphatic heterocycles. The van der Waals surface area contributed by atoms with Gasteiger partial charge in [0.2, 0.25) is 0 Å². The molecule has 1 aliphatic carbocycles. The van der Waals surface area contributed by atoms with Crippen molar-refractivity contribution in [3.8, 4) is 0 Å². The lowest BCUT2D eigenvalue weighted by Gasteiger charge is -2.33. The molecule has 0 bridgehead atoms. The molecule has 1 fully saturated rings. The van der Waals surface area contributed by atoms with Crippen LogP contribution in [0, 0.1) is 17.8 Å². The molecule has 1 saturated carbocycles. The zero-order valence-electron chi connectivity index (χ0n) is 10.3. The molecule has 0 amide bonds. The second-order valence-corrected chi connectivity index (χ2v) is 5.91. The second kappa shape index (κ2) is 5.67. The van der Waals surface area contributed by atoms with E-state index in [2.05, 4.69) is 23.8 Å². The van der Waals surface area contributed by atoms with Gasteiger partial charge in [-0.25, -0.2) is 0 Å². The van der Waals surface area contributed by atoms with Crippen molar-refractivity contribution in [2.75, 3.05) is 0 Å². The highest BCUT2D eigenvalue weighted by Crippen LogP contribution is 2.37. The average Bonchev–Trinajstić information content (AvgIpc) is 2.81. The predicted octanol–water partition coefficient (Wildman–Crippen LogP) is 3.82. The highest BCUT2D eigenvalue weighted by atomic mass is 32.1. The maximum atomic E-state index is 11.3. The number of carboxylic acid groups (broad SMARTS) is 1. The number of aliphatic carboxylic acids is 1. The molecule has 3 atom stereocenters. The third kappa shape index (κ3) is 3.09. The predicted molar refractivity (Wildman–Crippen MR) is 70.3 cm³/mol. The summed E-state index contributed by atoms with van der Waals surface area (Å²) in [4.78, 5) is 11.3. The van der Waals surface area contributed by atoms with Gasteiger partial charge in [0.25, 0.3) is 0 Å². The molecule has 2 nitrogen and oxygen atoms in total. The van der Waals surface area contributed by atoms with Crippen LogP contribution in [0.4, 0.5) is 0 Å². The van der Waals surface area contributed by atoms with Crippen LogP contribution >= 0.6 is 11.3 Å². The van der Waals surface area contributed by atoms with E-state index in [1.54, 1.807) is 11.3 Å². The standard InChI is InChI=1S/C14H20O2S/c1-2-10-3-4-13(14(15)16)12(7-10)8-11-5-6-17-9-11/h5-6,9-10,12-13H,2-4,7-8H2,1H3,(H,15,16). The number of hydrogen-bond donors (Lipinski definition) is 1. The van der Waals surface area contributed by atoms with Crippen molar-refractivity contribution < 1.29 is 9.90 Å². The first-order chi connectivity index (χ1) is 8.20. The zero-order chi connectivity index (χ0) is 12.3. The molecule has 3 heteroatoms. The van der Waals surface area contributed by atoms with Gasteiger partial charge in [0, 0.05) is 0 Å². The van der Waals surface area contributed by atoms with Crippen molar-refractivity contribution in [1.29, 1.82) is 0 Å². The third-order valence-corrected chi connectivity index (χ3v) is 4.80. The summed E-state index contributed by atoms with van der Waals surface area (Å²) >= 11 is 1.70. The zero-order valence-corrected chi connectivity index (χ0v) is 11.1. The van der Waals surface area contributed by atoms with Crippen LogP contribution in [0.1, 0.15) is 38.2 Å². The van der Waals surface area contributed by atoms with E-state index in [4.69, 9.17) is 0 Å². The molecule has 1 aliphatic rings. The molecule has 1 aromatic heterocycles. The van der Waals surface area contributed by atoms with E-state index in [9.17, 15) is 9.90 Å². The Morgan fingerprint density at radius 1 is 1.53 bits per heavy atom. The van der Waals surface area contributed by atoms with Crippen LogP contribution in [0.15, 0.2) is 16.8 Å². The van der Waals surface area contributed by atoms with Gasteiger partial charge in [-0.05, 0) is 59.9 Å². The molecular weight excluding hydrogens is 232 g/mol. The van der Waals surface area contributed by atoms with Crippen LogP contribution in [0.3, 0.4) is 0 Å². The van der Waals surface area contributed by atoms with Gasteiger partial charge < -0.3 is 5.11 Å². The Bertz CT molecular complexity index is 358. The summed E-state index contributed by atoms with van der Waals surface area (Å²) in [5.41, 5.74) is 1.31. The van der Waals surface area contributed by atoms with Crippen molar-refractivity contribution in [1.82, 2.24) is 0 Å². The molecule has 2 rings (SSSR count). The van der Waals surface area contributed by atoms with Crippen LogP contribution < -0.4 is 0 Å². The lowest BCUT2D eigenvalue weighted by Crippen LogP contribution is -2.31. The summed E-state index contributed by atoms with van der Waals surface area (Å²) in [5.74, 6) is 0.340. The van der Waals surface area contributed by atoms with Crippen LogP contribution in [0.5, 0.6) is 0 Å². The quantitative estimate of drug-likeness (QED) is 0.884. The van der Waals surface area contributed by atoms with Crippen molar-refractivity contribution in [2.24, 2.45) is 17.8 Å². The van der Waals surface area contributed by atoms with E-state index in [1.807, 2.05) is 0 Å². The first kappa shape index (κ1) is 12.6. The van der Waals surface area contributed by atoms with E-state index in [0.717, 1.165) is 31.6 Å². The van der Waals surface area contributed by atoms with E-state index in [0.29, 0.717) is 5.92 Å². The molecule has 94 valence electrons. The number of carboxylic acids is 1. The minimum absolute atomic E-state index is 0.127. The number of hydrogen-bond acceptors (Lipinski definition) is 2. The van der Waals surface area contributed by atoms with Gasteiger partial charge >= 0.3 is 5.97 Å². The summed E-state index contributed by atoms with van der Waals surface area (Å²) in [6.07, 6.45) is 5.17. The molecule has 0 saturated heterocycles. The average molecular weight is 252 g/mol. The SMILES string of the molecule is CCC1CCC(C(=O)O)C(Cc2ccsc2)C1. The Hall–Kier alpha value is -0.830.